The summed E-state index contributed by atoms with van der Waals surface area (Å²) in [6.07, 6.45) is 2.50. The highest BCUT2D eigenvalue weighted by molar-refractivity contribution is 9.10. The summed E-state index contributed by atoms with van der Waals surface area (Å²) in [7, 11) is 0. The van der Waals surface area contributed by atoms with E-state index in [0.717, 1.165) is 22.2 Å². The number of rotatable bonds is 3. The molecular weight excluding hydrogens is 328 g/mol. The van der Waals surface area contributed by atoms with Crippen LogP contribution in [0.2, 0.25) is 0 Å². The maximum Gasteiger partial charge on any atom is 0.245 e. The fourth-order valence-corrected chi connectivity index (χ4v) is 3.86. The minimum Gasteiger partial charge on any atom is -0.344 e. The van der Waals surface area contributed by atoms with Gasteiger partial charge in [-0.25, -0.2) is 0 Å². The Bertz CT molecular complexity index is 512. The van der Waals surface area contributed by atoms with Gasteiger partial charge in [0.1, 0.15) is 6.04 Å². The van der Waals surface area contributed by atoms with Crippen LogP contribution in [0.4, 0.5) is 0 Å². The predicted molar refractivity (Wildman–Crippen MR) is 76.7 cm³/mol. The Morgan fingerprint density at radius 3 is 2.84 bits per heavy atom. The zero-order valence-corrected chi connectivity index (χ0v) is 12.8. The maximum atomic E-state index is 12.5. The average Bonchev–Trinajstić information content (AvgIpc) is 3.15. The van der Waals surface area contributed by atoms with Gasteiger partial charge in [-0.1, -0.05) is 0 Å². The summed E-state index contributed by atoms with van der Waals surface area (Å²) in [4.78, 5) is 27.2. The fraction of sp³-hybridized carbons (Fsp3) is 0.538. The van der Waals surface area contributed by atoms with Gasteiger partial charge in [0.25, 0.3) is 0 Å². The molecule has 4 nitrogen and oxygen atoms in total. The molecule has 1 aromatic rings. The molecule has 2 aliphatic rings. The highest BCUT2D eigenvalue weighted by atomic mass is 79.9. The average molecular weight is 343 g/mol. The first-order valence-corrected chi connectivity index (χ1v) is 8.12. The molecule has 1 aliphatic carbocycles. The number of thiophene rings is 1. The van der Waals surface area contributed by atoms with Crippen LogP contribution < -0.4 is 5.32 Å². The number of halogens is 1. The van der Waals surface area contributed by atoms with Crippen LogP contribution >= 0.6 is 27.3 Å². The molecule has 102 valence electrons. The van der Waals surface area contributed by atoms with Crippen LogP contribution in [0.25, 0.3) is 0 Å². The topological polar surface area (TPSA) is 49.4 Å². The minimum atomic E-state index is -0.297. The number of nitrogens with one attached hydrogen (secondary N) is 1. The molecule has 19 heavy (non-hydrogen) atoms. The lowest BCUT2D eigenvalue weighted by atomic mass is 10.1. The number of carbonyl (C=O) groups is 2. The highest BCUT2D eigenvalue weighted by Crippen LogP contribution is 2.34. The van der Waals surface area contributed by atoms with Gasteiger partial charge in [0.15, 0.2) is 0 Å². The molecule has 1 unspecified atom stereocenters. The van der Waals surface area contributed by atoms with Crippen molar-refractivity contribution in [3.8, 4) is 0 Å². The molecule has 1 saturated carbocycles. The fourth-order valence-electron chi connectivity index (χ4n) is 2.37. The normalized spacial score (nSPS) is 24.3. The summed E-state index contributed by atoms with van der Waals surface area (Å²) in [5.41, 5.74) is 0. The summed E-state index contributed by atoms with van der Waals surface area (Å²) in [5.74, 6) is 0.426. The van der Waals surface area contributed by atoms with E-state index in [1.165, 1.54) is 0 Å². The first-order valence-electron chi connectivity index (χ1n) is 6.45. The third-order valence-corrected chi connectivity index (χ3v) is 5.53. The van der Waals surface area contributed by atoms with E-state index in [1.807, 2.05) is 16.3 Å². The standard InChI is InChI=1S/C13H15BrN2O2S/c14-9-4-6-19-10(9)7-16-5-3-11(17)15-12(13(16)18)8-1-2-8/h4,6,8,12H,1-3,5,7H2,(H,15,17). The van der Waals surface area contributed by atoms with Gasteiger partial charge in [-0.05, 0) is 46.1 Å². The monoisotopic (exact) mass is 342 g/mol. The molecule has 0 bridgehead atoms. The second-order valence-corrected chi connectivity index (χ2v) is 6.94. The lowest BCUT2D eigenvalue weighted by molar-refractivity contribution is -0.134. The zero-order valence-electron chi connectivity index (χ0n) is 10.4. The second kappa shape index (κ2) is 5.25. The van der Waals surface area contributed by atoms with Crippen LogP contribution in [0.5, 0.6) is 0 Å². The van der Waals surface area contributed by atoms with Gasteiger partial charge in [0, 0.05) is 22.3 Å². The first kappa shape index (κ1) is 13.1. The molecule has 6 heteroatoms. The number of hydrogen-bond donors (Lipinski definition) is 1. The molecule has 0 radical (unpaired) electrons. The van der Waals surface area contributed by atoms with Crippen molar-refractivity contribution >= 4 is 39.1 Å². The van der Waals surface area contributed by atoms with Gasteiger partial charge in [-0.2, -0.15) is 0 Å². The van der Waals surface area contributed by atoms with E-state index in [2.05, 4.69) is 21.2 Å². The van der Waals surface area contributed by atoms with Crippen molar-refractivity contribution in [2.24, 2.45) is 5.92 Å². The molecule has 1 aliphatic heterocycles. The molecule has 0 spiro atoms. The van der Waals surface area contributed by atoms with Gasteiger partial charge in [0.2, 0.25) is 11.8 Å². The SMILES string of the molecule is O=C1CCN(Cc2sccc2Br)C(=O)C(C2CC2)N1. The molecule has 3 rings (SSSR count). The quantitative estimate of drug-likeness (QED) is 0.914. The summed E-state index contributed by atoms with van der Waals surface area (Å²) >= 11 is 5.12. The van der Waals surface area contributed by atoms with Crippen LogP contribution in [0.3, 0.4) is 0 Å². The van der Waals surface area contributed by atoms with Crippen molar-refractivity contribution in [3.05, 3.63) is 20.8 Å². The summed E-state index contributed by atoms with van der Waals surface area (Å²) in [5, 5.41) is 4.88. The predicted octanol–water partition coefficient (Wildman–Crippen LogP) is 2.14. The van der Waals surface area contributed by atoms with E-state index in [4.69, 9.17) is 0 Å². The van der Waals surface area contributed by atoms with Crippen molar-refractivity contribution in [3.63, 3.8) is 0 Å². The van der Waals surface area contributed by atoms with Gasteiger partial charge in [-0.3, -0.25) is 9.59 Å². The van der Waals surface area contributed by atoms with Crippen LogP contribution in [0.15, 0.2) is 15.9 Å². The zero-order chi connectivity index (χ0) is 13.4. The van der Waals surface area contributed by atoms with Crippen LogP contribution in [-0.4, -0.2) is 29.3 Å². The van der Waals surface area contributed by atoms with E-state index >= 15 is 0 Å². The third-order valence-electron chi connectivity index (χ3n) is 3.62. The molecule has 2 heterocycles. The van der Waals surface area contributed by atoms with Crippen LogP contribution in [0.1, 0.15) is 24.1 Å². The van der Waals surface area contributed by atoms with Crippen LogP contribution in [0, 0.1) is 5.92 Å². The molecule has 1 atom stereocenters. The second-order valence-electron chi connectivity index (χ2n) is 5.08. The van der Waals surface area contributed by atoms with Crippen molar-refractivity contribution in [2.45, 2.75) is 31.8 Å². The Morgan fingerprint density at radius 1 is 1.42 bits per heavy atom. The van der Waals surface area contributed by atoms with Gasteiger partial charge in [0.05, 0.1) is 6.54 Å². The number of carbonyl (C=O) groups excluding carboxylic acids is 2. The first-order chi connectivity index (χ1) is 9.15. The highest BCUT2D eigenvalue weighted by Gasteiger charge is 2.40. The Kier molecular flexibility index (Phi) is 3.62. The molecule has 1 N–H and O–H groups in total. The van der Waals surface area contributed by atoms with Gasteiger partial charge < -0.3 is 10.2 Å². The lowest BCUT2D eigenvalue weighted by Crippen LogP contribution is -2.45. The summed E-state index contributed by atoms with van der Waals surface area (Å²) in [6.45, 7) is 1.10. The number of hydrogen-bond acceptors (Lipinski definition) is 3. The Hall–Kier alpha value is -0.880. The van der Waals surface area contributed by atoms with Gasteiger partial charge >= 0.3 is 0 Å². The van der Waals surface area contributed by atoms with Crippen LogP contribution in [-0.2, 0) is 16.1 Å². The Balaban J connectivity index is 1.77. The Morgan fingerprint density at radius 2 is 2.21 bits per heavy atom. The number of amides is 2. The Labute approximate surface area is 124 Å². The molecule has 0 aromatic carbocycles. The van der Waals surface area contributed by atoms with Crippen molar-refractivity contribution in [2.75, 3.05) is 6.54 Å². The van der Waals surface area contributed by atoms with E-state index in [-0.39, 0.29) is 17.9 Å². The molecular formula is C13H15BrN2O2S. The summed E-state index contributed by atoms with van der Waals surface area (Å²) in [6, 6.07) is 1.69. The molecule has 2 amide bonds. The molecule has 1 aromatic heterocycles. The van der Waals surface area contributed by atoms with Gasteiger partial charge in [-0.15, -0.1) is 11.3 Å². The van der Waals surface area contributed by atoms with E-state index in [9.17, 15) is 9.59 Å². The van der Waals surface area contributed by atoms with E-state index < -0.39 is 0 Å². The maximum absolute atomic E-state index is 12.5. The van der Waals surface area contributed by atoms with Crippen molar-refractivity contribution in [1.82, 2.24) is 10.2 Å². The number of nitrogens with zero attached hydrogens (tertiary/aromatic N) is 1. The van der Waals surface area contributed by atoms with E-state index in [0.29, 0.717) is 25.4 Å². The molecule has 2 fully saturated rings. The lowest BCUT2D eigenvalue weighted by Gasteiger charge is -2.23. The van der Waals surface area contributed by atoms with Crippen molar-refractivity contribution in [1.29, 1.82) is 0 Å². The smallest absolute Gasteiger partial charge is 0.245 e. The summed E-state index contributed by atoms with van der Waals surface area (Å²) < 4.78 is 1.04. The minimum absolute atomic E-state index is 0.00186. The largest absolute Gasteiger partial charge is 0.344 e. The van der Waals surface area contributed by atoms with E-state index in [1.54, 1.807) is 11.3 Å². The molecule has 1 saturated heterocycles. The third kappa shape index (κ3) is 2.84. The van der Waals surface area contributed by atoms with Crippen molar-refractivity contribution < 1.29 is 9.59 Å².